The highest BCUT2D eigenvalue weighted by Crippen LogP contribution is 2.69. The molecule has 2 amide bonds. The van der Waals surface area contributed by atoms with Gasteiger partial charge in [0.15, 0.2) is 0 Å². The summed E-state index contributed by atoms with van der Waals surface area (Å²) in [6.07, 6.45) is 7.70. The van der Waals surface area contributed by atoms with Crippen molar-refractivity contribution < 1.29 is 34.4 Å². The second-order valence-electron chi connectivity index (χ2n) is 13.0. The minimum absolute atomic E-state index is 0.0177. The zero-order chi connectivity index (χ0) is 27.3. The Morgan fingerprint density at radius 1 is 1.05 bits per heavy atom. The standard InChI is InChI=1S/C29H44N2O7/c1-27-9-7-19(31-25(35)6-5-24(34)30-11-12-32)14-18(27)3-4-21-22(27)15-23(33)28(2)20(8-10-29(21,28)37)17-13-26(36)38-16-17/h13,18-23,32-33,37H,3-12,14-16H2,1-2H3,(H,30,34)(H,31,35)/t18-,19+,20-,21-,22+,23?,27+,28?,29+/m1/s1. The van der Waals surface area contributed by atoms with Crippen LogP contribution in [0.2, 0.25) is 0 Å². The van der Waals surface area contributed by atoms with Crippen molar-refractivity contribution in [1.82, 2.24) is 10.6 Å². The number of hydrogen-bond donors (Lipinski definition) is 5. The molecule has 4 fully saturated rings. The van der Waals surface area contributed by atoms with Crippen LogP contribution in [0.25, 0.3) is 0 Å². The molecule has 5 rings (SSSR count). The summed E-state index contributed by atoms with van der Waals surface area (Å²) in [4.78, 5) is 36.1. The molecule has 2 unspecified atom stereocenters. The topological polar surface area (TPSA) is 145 Å². The van der Waals surface area contributed by atoms with Crippen molar-refractivity contribution >= 4 is 17.8 Å². The van der Waals surface area contributed by atoms with Gasteiger partial charge >= 0.3 is 5.97 Å². The SMILES string of the molecule is CC12C(O)C[C@H]3[C@@H](CC[C@@H]4C[C@@H](NC(=O)CCC(=O)NCCO)CC[C@@]43C)[C@@]1(O)CC[C@@H]2C1=CC(=O)OC1. The molecule has 1 heterocycles. The molecule has 1 aliphatic heterocycles. The summed E-state index contributed by atoms with van der Waals surface area (Å²) in [6.45, 7) is 4.69. The molecule has 5 aliphatic rings. The maximum absolute atomic E-state index is 12.5. The Bertz CT molecular complexity index is 999. The van der Waals surface area contributed by atoms with Crippen LogP contribution < -0.4 is 10.6 Å². The van der Waals surface area contributed by atoms with E-state index in [2.05, 4.69) is 17.6 Å². The van der Waals surface area contributed by atoms with Crippen LogP contribution in [-0.4, -0.2) is 70.6 Å². The van der Waals surface area contributed by atoms with Gasteiger partial charge in [0, 0.05) is 36.9 Å². The van der Waals surface area contributed by atoms with Crippen LogP contribution in [0.3, 0.4) is 0 Å². The number of cyclic esters (lactones) is 1. The Balaban J connectivity index is 1.25. The number of aliphatic hydroxyl groups excluding tert-OH is 2. The van der Waals surface area contributed by atoms with Gasteiger partial charge in [0.25, 0.3) is 0 Å². The van der Waals surface area contributed by atoms with Crippen molar-refractivity contribution in [2.24, 2.45) is 34.5 Å². The molecule has 9 heteroatoms. The summed E-state index contributed by atoms with van der Waals surface area (Å²) in [5.74, 6) is -0.0373. The zero-order valence-electron chi connectivity index (χ0n) is 22.7. The quantitative estimate of drug-likeness (QED) is 0.313. The summed E-state index contributed by atoms with van der Waals surface area (Å²) < 4.78 is 5.19. The van der Waals surface area contributed by atoms with Gasteiger partial charge in [-0.25, -0.2) is 4.79 Å². The Kier molecular flexibility index (Phi) is 7.41. The van der Waals surface area contributed by atoms with Crippen molar-refractivity contribution in [3.8, 4) is 0 Å². The van der Waals surface area contributed by atoms with Gasteiger partial charge in [-0.3, -0.25) is 9.59 Å². The van der Waals surface area contributed by atoms with Gasteiger partial charge in [0.05, 0.1) is 18.3 Å². The monoisotopic (exact) mass is 532 g/mol. The maximum Gasteiger partial charge on any atom is 0.331 e. The molecule has 0 spiro atoms. The van der Waals surface area contributed by atoms with E-state index in [-0.39, 0.29) is 79.6 Å². The number of amides is 2. The van der Waals surface area contributed by atoms with E-state index in [1.165, 1.54) is 0 Å². The van der Waals surface area contributed by atoms with Crippen molar-refractivity contribution in [1.29, 1.82) is 0 Å². The molecular formula is C29H44N2O7. The number of fused-ring (bicyclic) bond motifs is 5. The second-order valence-corrected chi connectivity index (χ2v) is 13.0. The number of hydrogen-bond acceptors (Lipinski definition) is 7. The highest BCUT2D eigenvalue weighted by Gasteiger charge is 2.70. The van der Waals surface area contributed by atoms with E-state index >= 15 is 0 Å². The first kappa shape index (κ1) is 27.6. The van der Waals surface area contributed by atoms with Crippen LogP contribution in [0.15, 0.2) is 11.6 Å². The summed E-state index contributed by atoms with van der Waals surface area (Å²) >= 11 is 0. The van der Waals surface area contributed by atoms with E-state index < -0.39 is 17.1 Å². The van der Waals surface area contributed by atoms with Crippen molar-refractivity contribution in [2.45, 2.75) is 95.8 Å². The summed E-state index contributed by atoms with van der Waals surface area (Å²) in [7, 11) is 0. The van der Waals surface area contributed by atoms with Gasteiger partial charge in [-0.05, 0) is 86.0 Å². The van der Waals surface area contributed by atoms with E-state index in [0.29, 0.717) is 18.8 Å². The molecule has 4 saturated carbocycles. The third-order valence-electron chi connectivity index (χ3n) is 11.5. The third kappa shape index (κ3) is 4.38. The molecule has 0 aromatic heterocycles. The second kappa shape index (κ2) is 10.2. The van der Waals surface area contributed by atoms with E-state index in [1.807, 2.05) is 6.92 Å². The van der Waals surface area contributed by atoms with Crippen LogP contribution >= 0.6 is 0 Å². The van der Waals surface area contributed by atoms with Crippen LogP contribution in [0.4, 0.5) is 0 Å². The lowest BCUT2D eigenvalue weighted by molar-refractivity contribution is -0.243. The number of esters is 1. The largest absolute Gasteiger partial charge is 0.458 e. The van der Waals surface area contributed by atoms with E-state index in [0.717, 1.165) is 44.1 Å². The fraction of sp³-hybridized carbons (Fsp3) is 0.828. The summed E-state index contributed by atoms with van der Waals surface area (Å²) in [5, 5.41) is 38.5. The summed E-state index contributed by atoms with van der Waals surface area (Å²) in [6, 6.07) is 0.0715. The fourth-order valence-corrected chi connectivity index (χ4v) is 9.33. The minimum Gasteiger partial charge on any atom is -0.458 e. The van der Waals surface area contributed by atoms with Crippen LogP contribution in [0.5, 0.6) is 0 Å². The fourth-order valence-electron chi connectivity index (χ4n) is 9.33. The first-order chi connectivity index (χ1) is 18.0. The van der Waals surface area contributed by atoms with E-state index in [4.69, 9.17) is 9.84 Å². The highest BCUT2D eigenvalue weighted by atomic mass is 16.5. The van der Waals surface area contributed by atoms with Crippen molar-refractivity contribution in [3.05, 3.63) is 11.6 Å². The molecule has 0 bridgehead atoms. The van der Waals surface area contributed by atoms with Crippen LogP contribution in [0.1, 0.15) is 78.1 Å². The number of rotatable bonds is 7. The first-order valence-corrected chi connectivity index (χ1v) is 14.5. The minimum atomic E-state index is -0.984. The van der Waals surface area contributed by atoms with Crippen LogP contribution in [0, 0.1) is 34.5 Å². The van der Waals surface area contributed by atoms with Crippen molar-refractivity contribution in [2.75, 3.05) is 19.8 Å². The molecule has 9 atom stereocenters. The number of ether oxygens (including phenoxy) is 1. The molecule has 212 valence electrons. The van der Waals surface area contributed by atoms with Crippen LogP contribution in [-0.2, 0) is 19.1 Å². The molecule has 9 nitrogen and oxygen atoms in total. The molecular weight excluding hydrogens is 488 g/mol. The average molecular weight is 533 g/mol. The molecule has 38 heavy (non-hydrogen) atoms. The number of aliphatic hydroxyl groups is 3. The van der Waals surface area contributed by atoms with Gasteiger partial charge in [0.2, 0.25) is 11.8 Å². The third-order valence-corrected chi connectivity index (χ3v) is 11.5. The predicted molar refractivity (Wildman–Crippen MR) is 138 cm³/mol. The van der Waals surface area contributed by atoms with Crippen molar-refractivity contribution in [3.63, 3.8) is 0 Å². The maximum atomic E-state index is 12.5. The number of carbonyl (C=O) groups is 3. The Morgan fingerprint density at radius 3 is 2.53 bits per heavy atom. The predicted octanol–water partition coefficient (Wildman–Crippen LogP) is 1.59. The molecule has 0 saturated heterocycles. The summed E-state index contributed by atoms with van der Waals surface area (Å²) in [5.41, 5.74) is -0.794. The van der Waals surface area contributed by atoms with Gasteiger partial charge in [-0.2, -0.15) is 0 Å². The Labute approximate surface area is 224 Å². The Hall–Kier alpha value is -1.97. The van der Waals surface area contributed by atoms with Gasteiger partial charge in [0.1, 0.15) is 6.61 Å². The molecule has 5 N–H and O–H groups in total. The molecule has 0 aromatic carbocycles. The van der Waals surface area contributed by atoms with E-state index in [1.54, 1.807) is 6.08 Å². The lowest BCUT2D eigenvalue weighted by atomic mass is 9.42. The average Bonchev–Trinajstić information content (AvgIpc) is 3.43. The Morgan fingerprint density at radius 2 is 1.82 bits per heavy atom. The van der Waals surface area contributed by atoms with E-state index in [9.17, 15) is 24.6 Å². The normalized spacial score (nSPS) is 43.8. The van der Waals surface area contributed by atoms with Gasteiger partial charge < -0.3 is 30.7 Å². The van der Waals surface area contributed by atoms with Gasteiger partial charge in [-0.1, -0.05) is 13.8 Å². The number of nitrogens with one attached hydrogen (secondary N) is 2. The zero-order valence-corrected chi connectivity index (χ0v) is 22.7. The number of carbonyl (C=O) groups excluding carboxylic acids is 3. The first-order valence-electron chi connectivity index (χ1n) is 14.5. The molecule has 0 radical (unpaired) electrons. The highest BCUT2D eigenvalue weighted by molar-refractivity contribution is 5.85. The smallest absolute Gasteiger partial charge is 0.331 e. The lowest BCUT2D eigenvalue weighted by Gasteiger charge is -2.65. The molecule has 0 aromatic rings. The van der Waals surface area contributed by atoms with Gasteiger partial charge in [-0.15, -0.1) is 0 Å². The lowest BCUT2D eigenvalue weighted by Crippen LogP contribution is -2.67. The molecule has 4 aliphatic carbocycles.